The first-order valence-electron chi connectivity index (χ1n) is 3.73. The Morgan fingerprint density at radius 3 is 2.42 bits per heavy atom. The summed E-state index contributed by atoms with van der Waals surface area (Å²) >= 11 is 0. The average molecular weight is 201 g/mol. The summed E-state index contributed by atoms with van der Waals surface area (Å²) in [5.41, 5.74) is 0. The molecule has 0 heterocycles. The van der Waals surface area contributed by atoms with Crippen LogP contribution in [0.3, 0.4) is 0 Å². The van der Waals surface area contributed by atoms with E-state index in [1.54, 1.807) is 0 Å². The van der Waals surface area contributed by atoms with Gasteiger partial charge in [0, 0.05) is 6.16 Å². The maximum Gasteiger partial charge on any atom is 0.178 e. The van der Waals surface area contributed by atoms with Crippen molar-refractivity contribution in [3.05, 3.63) is 0 Å². The van der Waals surface area contributed by atoms with Crippen molar-refractivity contribution in [3.8, 4) is 0 Å². The van der Waals surface area contributed by atoms with Crippen LogP contribution in [-0.2, 0) is 9.29 Å². The second kappa shape index (κ2) is 7.68. The maximum atomic E-state index is 11.2. The Morgan fingerprint density at radius 1 is 1.42 bits per heavy atom. The Labute approximate surface area is 72.1 Å². The third-order valence-electron chi connectivity index (χ3n) is 1.39. The van der Waals surface area contributed by atoms with Crippen LogP contribution in [-0.4, -0.2) is 6.16 Å². The predicted molar refractivity (Wildman–Crippen MR) is 44.8 cm³/mol. The van der Waals surface area contributed by atoms with Gasteiger partial charge in [-0.15, -0.1) is 4.73 Å². The zero-order chi connectivity index (χ0) is 8.74. The summed E-state index contributed by atoms with van der Waals surface area (Å²) in [5, 5.41) is 0. The van der Waals surface area contributed by atoms with Gasteiger partial charge in [-0.25, -0.2) is 0 Å². The highest BCUT2D eigenvalue weighted by atomic mass is 31.2. The highest BCUT2D eigenvalue weighted by Crippen LogP contribution is 2.38. The monoisotopic (exact) mass is 201 g/mol. The number of halogens is 1. The Hall–Kier alpha value is 0.0400. The van der Waals surface area contributed by atoms with Gasteiger partial charge in [0.1, 0.15) is 0 Å². The number of unbranched alkanes of at least 4 members (excludes halogenated alkanes) is 3. The molecule has 0 amide bonds. The molecule has 0 radical (unpaired) electrons. The molecule has 0 saturated carbocycles. The summed E-state index contributed by atoms with van der Waals surface area (Å²) in [6, 6.07) is 0. The van der Waals surface area contributed by atoms with Gasteiger partial charge in [-0.3, -0.25) is 0 Å². The van der Waals surface area contributed by atoms with Gasteiger partial charge in [0.05, 0.1) is 0 Å². The van der Waals surface area contributed by atoms with Gasteiger partial charge in [0.2, 0.25) is 0 Å². The molecule has 0 rings (SSSR count). The van der Waals surface area contributed by atoms with Crippen molar-refractivity contribution in [2.75, 3.05) is 6.16 Å². The van der Waals surface area contributed by atoms with Crippen molar-refractivity contribution >= 4 is 7.60 Å². The molecule has 4 N–H and O–H groups in total. The molecule has 0 aliphatic heterocycles. The molecule has 12 heavy (non-hydrogen) atoms. The minimum Gasteiger partial charge on any atom is -0.776 e. The van der Waals surface area contributed by atoms with Gasteiger partial charge in [-0.2, -0.15) is 0 Å². The van der Waals surface area contributed by atoms with Crippen molar-refractivity contribution in [2.45, 2.75) is 32.6 Å². The summed E-state index contributed by atoms with van der Waals surface area (Å²) in [4.78, 5) is 10.4. The molecule has 1 unspecified atom stereocenters. The van der Waals surface area contributed by atoms with E-state index in [4.69, 9.17) is 0 Å². The van der Waals surface area contributed by atoms with Crippen LogP contribution in [0.5, 0.6) is 0 Å². The van der Waals surface area contributed by atoms with Crippen molar-refractivity contribution in [3.63, 3.8) is 0 Å². The van der Waals surface area contributed by atoms with Gasteiger partial charge in [0.25, 0.3) is 0 Å². The third kappa shape index (κ3) is 8.14. The van der Waals surface area contributed by atoms with Gasteiger partial charge in [-0.05, 0) is 10.9 Å². The molecular formula is C6H17FNO3P. The number of quaternary nitrogens is 1. The maximum absolute atomic E-state index is 11.2. The zero-order valence-electron chi connectivity index (χ0n) is 7.59. The van der Waals surface area contributed by atoms with Crippen LogP contribution in [0.1, 0.15) is 32.6 Å². The second-order valence-electron chi connectivity index (χ2n) is 2.46. The Morgan fingerprint density at radius 2 is 2.00 bits per heavy atom. The minimum absolute atomic E-state index is 0. The first kappa shape index (κ1) is 14.6. The standard InChI is InChI=1S/C6H14FO3P.H3N/c1-2-3-4-5-6-11(8,9)10-7;/h2-6H2,1H3,(H,8,9);1H3. The zero-order valence-corrected chi connectivity index (χ0v) is 8.48. The van der Waals surface area contributed by atoms with E-state index in [9.17, 15) is 14.0 Å². The first-order chi connectivity index (χ1) is 5.12. The molecule has 0 aliphatic carbocycles. The number of hydrogen-bond acceptors (Lipinski definition) is 3. The molecule has 76 valence electrons. The lowest BCUT2D eigenvalue weighted by molar-refractivity contribution is -0.225. The summed E-state index contributed by atoms with van der Waals surface area (Å²) in [6.45, 7) is 2.02. The van der Waals surface area contributed by atoms with Crippen LogP contribution in [0.4, 0.5) is 4.53 Å². The number of rotatable bonds is 6. The van der Waals surface area contributed by atoms with Crippen LogP contribution < -0.4 is 11.0 Å². The Balaban J connectivity index is 0. The first-order valence-corrected chi connectivity index (χ1v) is 5.45. The predicted octanol–water partition coefficient (Wildman–Crippen LogP) is 2.40. The van der Waals surface area contributed by atoms with Crippen LogP contribution in [0.15, 0.2) is 0 Å². The summed E-state index contributed by atoms with van der Waals surface area (Å²) in [6.07, 6.45) is 3.11. The van der Waals surface area contributed by atoms with Gasteiger partial charge >= 0.3 is 0 Å². The highest BCUT2D eigenvalue weighted by molar-refractivity contribution is 7.51. The molecule has 0 fully saturated rings. The topological polar surface area (TPSA) is 85.9 Å². The smallest absolute Gasteiger partial charge is 0.178 e. The van der Waals surface area contributed by atoms with Crippen molar-refractivity contribution in [1.29, 1.82) is 0 Å². The van der Waals surface area contributed by atoms with Crippen LogP contribution in [0.2, 0.25) is 0 Å². The van der Waals surface area contributed by atoms with Gasteiger partial charge in [0.15, 0.2) is 7.60 Å². The molecular weight excluding hydrogens is 184 g/mol. The molecule has 0 saturated heterocycles. The molecule has 0 aromatic rings. The largest absolute Gasteiger partial charge is 0.776 e. The number of hydrogen-bond donors (Lipinski definition) is 1. The fourth-order valence-electron chi connectivity index (χ4n) is 0.767. The van der Waals surface area contributed by atoms with E-state index in [-0.39, 0.29) is 12.3 Å². The molecule has 4 nitrogen and oxygen atoms in total. The lowest BCUT2D eigenvalue weighted by atomic mass is 10.2. The second-order valence-corrected chi connectivity index (χ2v) is 4.27. The average Bonchev–Trinajstić information content (AvgIpc) is 1.99. The Bertz CT molecular complexity index is 145. The van der Waals surface area contributed by atoms with Crippen molar-refractivity contribution < 1.29 is 18.7 Å². The fourth-order valence-corrected chi connectivity index (χ4v) is 1.45. The van der Waals surface area contributed by atoms with Crippen LogP contribution in [0.25, 0.3) is 0 Å². The van der Waals surface area contributed by atoms with Gasteiger partial charge < -0.3 is 15.6 Å². The molecule has 1 atom stereocenters. The van der Waals surface area contributed by atoms with E-state index >= 15 is 0 Å². The van der Waals surface area contributed by atoms with E-state index in [1.165, 1.54) is 0 Å². The molecule has 0 aliphatic rings. The van der Waals surface area contributed by atoms with E-state index in [0.717, 1.165) is 19.3 Å². The van der Waals surface area contributed by atoms with Crippen LogP contribution >= 0.6 is 7.60 Å². The van der Waals surface area contributed by atoms with E-state index in [2.05, 4.69) is 4.73 Å². The molecule has 6 heteroatoms. The van der Waals surface area contributed by atoms with E-state index in [0.29, 0.717) is 6.42 Å². The minimum atomic E-state index is -4.13. The highest BCUT2D eigenvalue weighted by Gasteiger charge is 2.07. The SMILES string of the molecule is CCCCCCP(=O)([O-])OF.[NH4+]. The van der Waals surface area contributed by atoms with Crippen molar-refractivity contribution in [2.24, 2.45) is 0 Å². The normalized spacial score (nSPS) is 14.9. The fraction of sp³-hybridized carbons (Fsp3) is 1.00. The van der Waals surface area contributed by atoms with E-state index in [1.807, 2.05) is 6.92 Å². The summed E-state index contributed by atoms with van der Waals surface area (Å²) < 4.78 is 24.4. The van der Waals surface area contributed by atoms with Crippen LogP contribution in [0, 0.1) is 0 Å². The summed E-state index contributed by atoms with van der Waals surface area (Å²) in [7, 11) is -4.13. The van der Waals surface area contributed by atoms with Crippen molar-refractivity contribution in [1.82, 2.24) is 6.15 Å². The molecule has 0 aromatic carbocycles. The van der Waals surface area contributed by atoms with E-state index < -0.39 is 7.60 Å². The lowest BCUT2D eigenvalue weighted by Crippen LogP contribution is -2.04. The summed E-state index contributed by atoms with van der Waals surface area (Å²) in [5.74, 6) is 0. The Kier molecular flexibility index (Phi) is 9.31. The molecule has 0 spiro atoms. The van der Waals surface area contributed by atoms with Gasteiger partial charge in [-0.1, -0.05) is 26.2 Å². The molecule has 0 aromatic heterocycles. The lowest BCUT2D eigenvalue weighted by Gasteiger charge is -2.15. The third-order valence-corrected chi connectivity index (χ3v) is 2.46. The quantitative estimate of drug-likeness (QED) is 0.528. The molecule has 0 bridgehead atoms.